The Labute approximate surface area is 123 Å². The fourth-order valence-corrected chi connectivity index (χ4v) is 2.42. The van der Waals surface area contributed by atoms with Crippen molar-refractivity contribution in [2.45, 2.75) is 12.8 Å². The van der Waals surface area contributed by atoms with Crippen molar-refractivity contribution in [3.63, 3.8) is 0 Å². The maximum atomic E-state index is 12.0. The van der Waals surface area contributed by atoms with E-state index in [1.165, 1.54) is 0 Å². The second-order valence-corrected chi connectivity index (χ2v) is 5.29. The highest BCUT2D eigenvalue weighted by molar-refractivity contribution is 6.33. The molecule has 0 aliphatic carbocycles. The van der Waals surface area contributed by atoms with Crippen molar-refractivity contribution in [3.05, 3.63) is 28.8 Å². The van der Waals surface area contributed by atoms with Gasteiger partial charge in [-0.15, -0.1) is 0 Å². The number of carbonyl (C=O) groups excluding carboxylic acids is 2. The average molecular weight is 296 g/mol. The van der Waals surface area contributed by atoms with Gasteiger partial charge in [0.25, 0.3) is 5.91 Å². The van der Waals surface area contributed by atoms with Crippen LogP contribution in [0.25, 0.3) is 0 Å². The molecule has 1 aromatic carbocycles. The highest BCUT2D eigenvalue weighted by Gasteiger charge is 2.18. The number of hydrogen-bond acceptors (Lipinski definition) is 3. The lowest BCUT2D eigenvalue weighted by molar-refractivity contribution is -0.116. The Bertz CT molecular complexity index is 513. The third-order valence-electron chi connectivity index (χ3n) is 3.37. The van der Waals surface area contributed by atoms with E-state index in [-0.39, 0.29) is 11.8 Å². The summed E-state index contributed by atoms with van der Waals surface area (Å²) in [4.78, 5) is 23.5. The number of hydrogen-bond donors (Lipinski definition) is 3. The molecule has 1 aromatic rings. The summed E-state index contributed by atoms with van der Waals surface area (Å²) in [5, 5.41) is 8.97. The van der Waals surface area contributed by atoms with Crippen LogP contribution >= 0.6 is 11.6 Å². The Morgan fingerprint density at radius 1 is 1.45 bits per heavy atom. The van der Waals surface area contributed by atoms with E-state index < -0.39 is 0 Å². The summed E-state index contributed by atoms with van der Waals surface area (Å²) in [6.45, 7) is 1.84. The van der Waals surface area contributed by atoms with E-state index in [1.807, 2.05) is 0 Å². The van der Waals surface area contributed by atoms with Crippen molar-refractivity contribution in [2.24, 2.45) is 5.92 Å². The van der Waals surface area contributed by atoms with Gasteiger partial charge < -0.3 is 16.0 Å². The summed E-state index contributed by atoms with van der Waals surface area (Å²) in [7, 11) is 1.56. The van der Waals surface area contributed by atoms with Gasteiger partial charge in [0, 0.05) is 19.0 Å². The zero-order chi connectivity index (χ0) is 14.5. The van der Waals surface area contributed by atoms with Gasteiger partial charge in [-0.05, 0) is 43.6 Å². The van der Waals surface area contributed by atoms with Crippen LogP contribution in [0.5, 0.6) is 0 Å². The SMILES string of the molecule is CNC(=O)c1ccc(Cl)c(NC(=O)CC2CCNC2)c1. The van der Waals surface area contributed by atoms with Gasteiger partial charge in [-0.3, -0.25) is 9.59 Å². The molecule has 0 spiro atoms. The van der Waals surface area contributed by atoms with E-state index in [2.05, 4.69) is 16.0 Å². The molecule has 0 bridgehead atoms. The monoisotopic (exact) mass is 295 g/mol. The third-order valence-corrected chi connectivity index (χ3v) is 3.70. The second kappa shape index (κ2) is 6.72. The van der Waals surface area contributed by atoms with E-state index in [4.69, 9.17) is 11.6 Å². The molecule has 5 nitrogen and oxygen atoms in total. The molecule has 1 saturated heterocycles. The van der Waals surface area contributed by atoms with Crippen molar-refractivity contribution >= 4 is 29.1 Å². The average Bonchev–Trinajstić information content (AvgIpc) is 2.93. The molecular formula is C14H18ClN3O2. The number of amides is 2. The zero-order valence-corrected chi connectivity index (χ0v) is 12.1. The van der Waals surface area contributed by atoms with Gasteiger partial charge in [-0.1, -0.05) is 11.6 Å². The number of nitrogens with one attached hydrogen (secondary N) is 3. The summed E-state index contributed by atoms with van der Waals surface area (Å²) in [5.41, 5.74) is 0.943. The molecular weight excluding hydrogens is 278 g/mol. The lowest BCUT2D eigenvalue weighted by atomic mass is 10.0. The Hall–Kier alpha value is -1.59. The summed E-state index contributed by atoms with van der Waals surface area (Å²) >= 11 is 6.05. The standard InChI is InChI=1S/C14H18ClN3O2/c1-16-14(20)10-2-3-11(15)12(7-10)18-13(19)6-9-4-5-17-8-9/h2-3,7,9,17H,4-6,8H2,1H3,(H,16,20)(H,18,19). The lowest BCUT2D eigenvalue weighted by Gasteiger charge is -2.11. The molecule has 1 aliphatic rings. The highest BCUT2D eigenvalue weighted by atomic mass is 35.5. The first-order valence-electron chi connectivity index (χ1n) is 6.62. The number of anilines is 1. The normalized spacial score (nSPS) is 17.8. The Morgan fingerprint density at radius 2 is 2.25 bits per heavy atom. The van der Waals surface area contributed by atoms with Gasteiger partial charge in [0.05, 0.1) is 10.7 Å². The van der Waals surface area contributed by atoms with Crippen molar-refractivity contribution in [2.75, 3.05) is 25.5 Å². The Kier molecular flexibility index (Phi) is 4.98. The largest absolute Gasteiger partial charge is 0.355 e. The minimum atomic E-state index is -0.211. The summed E-state index contributed by atoms with van der Waals surface area (Å²) in [6, 6.07) is 4.82. The van der Waals surface area contributed by atoms with Crippen LogP contribution in [0.2, 0.25) is 5.02 Å². The molecule has 0 radical (unpaired) electrons. The number of benzene rings is 1. The van der Waals surface area contributed by atoms with Crippen LogP contribution in [-0.2, 0) is 4.79 Å². The molecule has 0 aromatic heterocycles. The summed E-state index contributed by atoms with van der Waals surface area (Å²) in [6.07, 6.45) is 1.48. The van der Waals surface area contributed by atoms with Gasteiger partial charge >= 0.3 is 0 Å². The summed E-state index contributed by atoms with van der Waals surface area (Å²) in [5.74, 6) is 0.0858. The number of rotatable bonds is 4. The first kappa shape index (κ1) is 14.8. The van der Waals surface area contributed by atoms with Crippen LogP contribution in [0.15, 0.2) is 18.2 Å². The molecule has 2 rings (SSSR count). The fourth-order valence-electron chi connectivity index (χ4n) is 2.26. The smallest absolute Gasteiger partial charge is 0.251 e. The van der Waals surface area contributed by atoms with Crippen molar-refractivity contribution in [1.82, 2.24) is 10.6 Å². The molecule has 2 amide bonds. The van der Waals surface area contributed by atoms with E-state index in [9.17, 15) is 9.59 Å². The first-order valence-corrected chi connectivity index (χ1v) is 7.00. The highest BCUT2D eigenvalue weighted by Crippen LogP contribution is 2.24. The predicted molar refractivity (Wildman–Crippen MR) is 79.1 cm³/mol. The van der Waals surface area contributed by atoms with Crippen LogP contribution in [0.1, 0.15) is 23.2 Å². The van der Waals surface area contributed by atoms with E-state index in [0.29, 0.717) is 28.6 Å². The fraction of sp³-hybridized carbons (Fsp3) is 0.429. The van der Waals surface area contributed by atoms with Crippen molar-refractivity contribution in [3.8, 4) is 0 Å². The Morgan fingerprint density at radius 3 is 2.90 bits per heavy atom. The molecule has 6 heteroatoms. The maximum absolute atomic E-state index is 12.0. The molecule has 1 heterocycles. The third kappa shape index (κ3) is 3.71. The van der Waals surface area contributed by atoms with E-state index in [1.54, 1.807) is 25.2 Å². The van der Waals surface area contributed by atoms with E-state index in [0.717, 1.165) is 19.5 Å². The van der Waals surface area contributed by atoms with Crippen molar-refractivity contribution < 1.29 is 9.59 Å². The molecule has 3 N–H and O–H groups in total. The lowest BCUT2D eigenvalue weighted by Crippen LogP contribution is -2.20. The molecule has 1 fully saturated rings. The minimum Gasteiger partial charge on any atom is -0.355 e. The minimum absolute atomic E-state index is 0.0744. The second-order valence-electron chi connectivity index (χ2n) is 4.88. The van der Waals surface area contributed by atoms with Gasteiger partial charge in [0.15, 0.2) is 0 Å². The number of halogens is 1. The van der Waals surface area contributed by atoms with Crippen LogP contribution < -0.4 is 16.0 Å². The molecule has 20 heavy (non-hydrogen) atoms. The van der Waals surface area contributed by atoms with Crippen LogP contribution in [0.3, 0.4) is 0 Å². The Balaban J connectivity index is 2.03. The van der Waals surface area contributed by atoms with Gasteiger partial charge in [-0.2, -0.15) is 0 Å². The molecule has 1 unspecified atom stereocenters. The maximum Gasteiger partial charge on any atom is 0.251 e. The molecule has 108 valence electrons. The predicted octanol–water partition coefficient (Wildman–Crippen LogP) is 1.64. The van der Waals surface area contributed by atoms with Gasteiger partial charge in [0.2, 0.25) is 5.91 Å². The molecule has 1 aliphatic heterocycles. The number of carbonyl (C=O) groups is 2. The van der Waals surface area contributed by atoms with Crippen LogP contribution in [-0.4, -0.2) is 32.0 Å². The van der Waals surface area contributed by atoms with Crippen LogP contribution in [0, 0.1) is 5.92 Å². The molecule has 0 saturated carbocycles. The van der Waals surface area contributed by atoms with Gasteiger partial charge in [-0.25, -0.2) is 0 Å². The molecule has 1 atom stereocenters. The summed E-state index contributed by atoms with van der Waals surface area (Å²) < 4.78 is 0. The van der Waals surface area contributed by atoms with Gasteiger partial charge in [0.1, 0.15) is 0 Å². The van der Waals surface area contributed by atoms with Crippen LogP contribution in [0.4, 0.5) is 5.69 Å². The van der Waals surface area contributed by atoms with Crippen molar-refractivity contribution in [1.29, 1.82) is 0 Å². The van der Waals surface area contributed by atoms with E-state index >= 15 is 0 Å². The first-order chi connectivity index (χ1) is 9.60. The topological polar surface area (TPSA) is 70.2 Å². The quantitative estimate of drug-likeness (QED) is 0.791. The zero-order valence-electron chi connectivity index (χ0n) is 11.3.